The highest BCUT2D eigenvalue weighted by Gasteiger charge is 2.24. The summed E-state index contributed by atoms with van der Waals surface area (Å²) in [5, 5.41) is 3.53. The Morgan fingerprint density at radius 1 is 1.32 bits per heavy atom. The molecule has 2 heterocycles. The molecular weight excluding hydrogens is 236 g/mol. The molecule has 0 bridgehead atoms. The van der Waals surface area contributed by atoms with Crippen LogP contribution in [0.25, 0.3) is 0 Å². The molecule has 2 aliphatic rings. The van der Waals surface area contributed by atoms with Gasteiger partial charge in [-0.25, -0.2) is 0 Å². The number of furan rings is 1. The molecule has 0 radical (unpaired) electrons. The summed E-state index contributed by atoms with van der Waals surface area (Å²) in [7, 11) is 0. The maximum atomic E-state index is 5.71. The molecule has 3 nitrogen and oxygen atoms in total. The van der Waals surface area contributed by atoms with Crippen LogP contribution in [-0.2, 0) is 13.1 Å². The lowest BCUT2D eigenvalue weighted by Gasteiger charge is -2.35. The molecule has 2 atom stereocenters. The normalized spacial score (nSPS) is 28.7. The topological polar surface area (TPSA) is 28.4 Å². The number of nitrogens with zero attached hydrogens (tertiary/aromatic N) is 1. The third-order valence-corrected chi connectivity index (χ3v) is 4.52. The van der Waals surface area contributed by atoms with Crippen LogP contribution in [0.4, 0.5) is 0 Å². The van der Waals surface area contributed by atoms with Crippen molar-refractivity contribution in [3.8, 4) is 0 Å². The van der Waals surface area contributed by atoms with E-state index in [1.54, 1.807) is 0 Å². The summed E-state index contributed by atoms with van der Waals surface area (Å²) in [6.07, 6.45) is 7.24. The van der Waals surface area contributed by atoms with E-state index >= 15 is 0 Å². The second-order valence-electron chi connectivity index (χ2n) is 6.53. The summed E-state index contributed by atoms with van der Waals surface area (Å²) >= 11 is 0. The lowest BCUT2D eigenvalue weighted by molar-refractivity contribution is 0.114. The highest BCUT2D eigenvalue weighted by atomic mass is 16.3. The van der Waals surface area contributed by atoms with Crippen molar-refractivity contribution in [1.29, 1.82) is 0 Å². The number of nitrogens with one attached hydrogen (secondary N) is 1. The van der Waals surface area contributed by atoms with Gasteiger partial charge in [-0.15, -0.1) is 0 Å². The van der Waals surface area contributed by atoms with Crippen molar-refractivity contribution in [1.82, 2.24) is 10.2 Å². The van der Waals surface area contributed by atoms with Gasteiger partial charge in [0, 0.05) is 24.2 Å². The van der Waals surface area contributed by atoms with E-state index in [0.29, 0.717) is 6.04 Å². The molecule has 1 aliphatic heterocycles. The zero-order valence-corrected chi connectivity index (χ0v) is 12.2. The Kier molecular flexibility index (Phi) is 3.94. The van der Waals surface area contributed by atoms with E-state index in [1.165, 1.54) is 37.8 Å². The van der Waals surface area contributed by atoms with Crippen LogP contribution in [0.2, 0.25) is 0 Å². The first kappa shape index (κ1) is 13.2. The molecule has 1 aromatic heterocycles. The molecule has 3 heteroatoms. The van der Waals surface area contributed by atoms with Gasteiger partial charge in [0.05, 0.1) is 12.8 Å². The van der Waals surface area contributed by atoms with Crippen LogP contribution >= 0.6 is 0 Å². The third kappa shape index (κ3) is 3.61. The van der Waals surface area contributed by atoms with Crippen LogP contribution < -0.4 is 5.32 Å². The fourth-order valence-corrected chi connectivity index (χ4v) is 3.04. The van der Waals surface area contributed by atoms with Gasteiger partial charge in [-0.1, -0.05) is 6.92 Å². The van der Waals surface area contributed by atoms with Crippen molar-refractivity contribution < 1.29 is 4.42 Å². The molecular formula is C16H26N2O. The predicted octanol–water partition coefficient (Wildman–Crippen LogP) is 3.15. The molecule has 0 aromatic carbocycles. The van der Waals surface area contributed by atoms with Gasteiger partial charge >= 0.3 is 0 Å². The average molecular weight is 262 g/mol. The van der Waals surface area contributed by atoms with Crippen LogP contribution in [0.15, 0.2) is 16.7 Å². The van der Waals surface area contributed by atoms with E-state index in [0.717, 1.165) is 30.8 Å². The summed E-state index contributed by atoms with van der Waals surface area (Å²) in [6.45, 7) is 7.84. The molecule has 19 heavy (non-hydrogen) atoms. The van der Waals surface area contributed by atoms with Gasteiger partial charge in [0.25, 0.3) is 0 Å². The number of piperidine rings is 1. The van der Waals surface area contributed by atoms with Crippen LogP contribution in [0.1, 0.15) is 50.9 Å². The fraction of sp³-hybridized carbons (Fsp3) is 0.750. The lowest BCUT2D eigenvalue weighted by atomic mass is 9.93. The largest absolute Gasteiger partial charge is 0.468 e. The minimum absolute atomic E-state index is 0.682. The molecule has 0 spiro atoms. The molecule has 1 aromatic rings. The summed E-state index contributed by atoms with van der Waals surface area (Å²) in [6, 6.07) is 3.67. The molecule has 1 saturated carbocycles. The quantitative estimate of drug-likeness (QED) is 0.883. The Labute approximate surface area is 116 Å². The van der Waals surface area contributed by atoms with Crippen molar-refractivity contribution >= 4 is 0 Å². The molecule has 0 amide bonds. The van der Waals surface area contributed by atoms with E-state index in [4.69, 9.17) is 4.42 Å². The molecule has 1 N–H and O–H groups in total. The van der Waals surface area contributed by atoms with E-state index in [9.17, 15) is 0 Å². The monoisotopic (exact) mass is 262 g/mol. The van der Waals surface area contributed by atoms with Gasteiger partial charge in [-0.2, -0.15) is 0 Å². The number of likely N-dealkylation sites (tertiary alicyclic amines) is 1. The SMILES string of the molecule is CC1CCN(Cc2cc(CNC3CC3)co2)C(C)C1. The van der Waals surface area contributed by atoms with Crippen LogP contribution in [0.5, 0.6) is 0 Å². The summed E-state index contributed by atoms with van der Waals surface area (Å²) in [5.74, 6) is 2.00. The Morgan fingerprint density at radius 2 is 2.16 bits per heavy atom. The van der Waals surface area contributed by atoms with Gasteiger partial charge in [0.1, 0.15) is 5.76 Å². The van der Waals surface area contributed by atoms with Crippen LogP contribution in [-0.4, -0.2) is 23.5 Å². The first-order valence-electron chi connectivity index (χ1n) is 7.74. The number of hydrogen-bond acceptors (Lipinski definition) is 3. The van der Waals surface area contributed by atoms with Crippen molar-refractivity contribution in [3.63, 3.8) is 0 Å². The molecule has 1 aliphatic carbocycles. The zero-order chi connectivity index (χ0) is 13.2. The third-order valence-electron chi connectivity index (χ3n) is 4.52. The molecule has 106 valence electrons. The molecule has 1 saturated heterocycles. The van der Waals surface area contributed by atoms with Crippen LogP contribution in [0.3, 0.4) is 0 Å². The predicted molar refractivity (Wildman–Crippen MR) is 76.8 cm³/mol. The lowest BCUT2D eigenvalue weighted by Crippen LogP contribution is -2.39. The van der Waals surface area contributed by atoms with Gasteiger partial charge in [0.2, 0.25) is 0 Å². The summed E-state index contributed by atoms with van der Waals surface area (Å²) in [5.41, 5.74) is 1.29. The zero-order valence-electron chi connectivity index (χ0n) is 12.2. The number of hydrogen-bond donors (Lipinski definition) is 1. The van der Waals surface area contributed by atoms with Crippen molar-refractivity contribution in [3.05, 3.63) is 23.7 Å². The first-order valence-corrected chi connectivity index (χ1v) is 7.74. The van der Waals surface area contributed by atoms with E-state index in [2.05, 4.69) is 30.1 Å². The molecule has 3 rings (SSSR count). The number of rotatable bonds is 5. The molecule has 2 fully saturated rings. The minimum atomic E-state index is 0.682. The molecule has 2 unspecified atom stereocenters. The van der Waals surface area contributed by atoms with Gasteiger partial charge in [-0.05, 0) is 51.1 Å². The smallest absolute Gasteiger partial charge is 0.118 e. The highest BCUT2D eigenvalue weighted by molar-refractivity contribution is 5.13. The summed E-state index contributed by atoms with van der Waals surface area (Å²) < 4.78 is 5.71. The van der Waals surface area contributed by atoms with Crippen molar-refractivity contribution in [2.75, 3.05) is 6.54 Å². The average Bonchev–Trinajstić information content (AvgIpc) is 3.10. The van der Waals surface area contributed by atoms with E-state index < -0.39 is 0 Å². The van der Waals surface area contributed by atoms with E-state index in [-0.39, 0.29) is 0 Å². The standard InChI is InChI=1S/C16H26N2O/c1-12-5-6-18(13(2)7-12)10-16-8-14(11-19-16)9-17-15-3-4-15/h8,11-13,15,17H,3-7,9-10H2,1-2H3. The van der Waals surface area contributed by atoms with Gasteiger partial charge in [-0.3, -0.25) is 4.90 Å². The maximum Gasteiger partial charge on any atom is 0.118 e. The van der Waals surface area contributed by atoms with Crippen LogP contribution in [0, 0.1) is 5.92 Å². The second kappa shape index (κ2) is 5.68. The minimum Gasteiger partial charge on any atom is -0.468 e. The van der Waals surface area contributed by atoms with E-state index in [1.807, 2.05) is 6.26 Å². The fourth-order valence-electron chi connectivity index (χ4n) is 3.04. The van der Waals surface area contributed by atoms with Crippen molar-refractivity contribution in [2.45, 2.75) is 64.7 Å². The van der Waals surface area contributed by atoms with Gasteiger partial charge in [0.15, 0.2) is 0 Å². The first-order chi connectivity index (χ1) is 9.20. The van der Waals surface area contributed by atoms with Crippen molar-refractivity contribution in [2.24, 2.45) is 5.92 Å². The summed E-state index contributed by atoms with van der Waals surface area (Å²) in [4.78, 5) is 2.55. The second-order valence-corrected chi connectivity index (χ2v) is 6.53. The Morgan fingerprint density at radius 3 is 2.89 bits per heavy atom. The maximum absolute atomic E-state index is 5.71. The Bertz CT molecular complexity index is 411. The Balaban J connectivity index is 1.51. The highest BCUT2D eigenvalue weighted by Crippen LogP contribution is 2.24. The Hall–Kier alpha value is -0.800. The van der Waals surface area contributed by atoms with Gasteiger partial charge < -0.3 is 9.73 Å².